The number of Topliss-reactive ketones (excluding diaryl/α,β-unsaturated/α-hetero) is 1. The molecule has 0 heterocycles. The van der Waals surface area contributed by atoms with E-state index < -0.39 is 21.7 Å². The topological polar surface area (TPSA) is 145 Å². The molecule has 0 atom stereocenters. The number of nitrogens with zero attached hydrogens (tertiary/aromatic N) is 1. The highest BCUT2D eigenvalue weighted by atomic mass is 32.2. The molecule has 26 heavy (non-hydrogen) atoms. The van der Waals surface area contributed by atoms with E-state index in [-0.39, 0.29) is 17.2 Å². The molecule has 0 bridgehead atoms. The second kappa shape index (κ2) is 7.89. The number of hydrogen-bond acceptors (Lipinski definition) is 6. The molecule has 0 saturated carbocycles. The quantitative estimate of drug-likeness (QED) is 0.394. The number of ketones is 1. The molecule has 0 unspecified atom stereocenters. The summed E-state index contributed by atoms with van der Waals surface area (Å²) in [5, 5.41) is 7.59. The van der Waals surface area contributed by atoms with Gasteiger partial charge in [-0.3, -0.25) is 14.6 Å². The SMILES string of the molecule is CC(=O)C(=NCc1ccc(S(N)(=O)=O)cc1)C(=O)Nc1cccc(N)c1. The monoisotopic (exact) mass is 374 g/mol. The molecular weight excluding hydrogens is 356 g/mol. The molecule has 136 valence electrons. The van der Waals surface area contributed by atoms with Gasteiger partial charge in [-0.1, -0.05) is 18.2 Å². The summed E-state index contributed by atoms with van der Waals surface area (Å²) in [5.41, 5.74) is 6.94. The van der Waals surface area contributed by atoms with E-state index in [1.54, 1.807) is 24.3 Å². The van der Waals surface area contributed by atoms with Crippen molar-refractivity contribution >= 4 is 38.8 Å². The highest BCUT2D eigenvalue weighted by Gasteiger charge is 2.16. The summed E-state index contributed by atoms with van der Waals surface area (Å²) in [7, 11) is -3.78. The largest absolute Gasteiger partial charge is 0.399 e. The number of carbonyl (C=O) groups is 2. The lowest BCUT2D eigenvalue weighted by Crippen LogP contribution is -2.28. The van der Waals surface area contributed by atoms with E-state index in [9.17, 15) is 18.0 Å². The van der Waals surface area contributed by atoms with Crippen molar-refractivity contribution in [3.63, 3.8) is 0 Å². The van der Waals surface area contributed by atoms with E-state index >= 15 is 0 Å². The number of sulfonamides is 1. The first-order chi connectivity index (χ1) is 12.2. The van der Waals surface area contributed by atoms with Crippen molar-refractivity contribution in [1.82, 2.24) is 0 Å². The Morgan fingerprint density at radius 1 is 1.12 bits per heavy atom. The maximum absolute atomic E-state index is 12.3. The summed E-state index contributed by atoms with van der Waals surface area (Å²) in [5.74, 6) is -1.14. The van der Waals surface area contributed by atoms with Crippen LogP contribution in [0.15, 0.2) is 58.4 Å². The van der Waals surface area contributed by atoms with Crippen molar-refractivity contribution in [2.24, 2.45) is 10.1 Å². The van der Waals surface area contributed by atoms with Gasteiger partial charge in [0, 0.05) is 18.3 Å². The Hall–Kier alpha value is -3.04. The number of carbonyl (C=O) groups excluding carboxylic acids is 2. The van der Waals surface area contributed by atoms with Gasteiger partial charge < -0.3 is 11.1 Å². The second-order valence-electron chi connectivity index (χ2n) is 5.49. The molecule has 8 nitrogen and oxygen atoms in total. The van der Waals surface area contributed by atoms with Crippen molar-refractivity contribution < 1.29 is 18.0 Å². The van der Waals surface area contributed by atoms with Crippen molar-refractivity contribution in [3.05, 3.63) is 54.1 Å². The highest BCUT2D eigenvalue weighted by Crippen LogP contribution is 2.13. The smallest absolute Gasteiger partial charge is 0.277 e. The van der Waals surface area contributed by atoms with Gasteiger partial charge in [-0.2, -0.15) is 0 Å². The number of nitrogen functional groups attached to an aromatic ring is 1. The van der Waals surface area contributed by atoms with E-state index in [1.807, 2.05) is 0 Å². The maximum atomic E-state index is 12.3. The standard InChI is InChI=1S/C17H18N4O4S/c1-11(22)16(17(23)21-14-4-2-3-13(18)9-14)20-10-12-5-7-15(8-6-12)26(19,24)25/h2-9H,10,18H2,1H3,(H,21,23)(H2,19,24,25). The zero-order valence-electron chi connectivity index (χ0n) is 14.0. The third kappa shape index (κ3) is 5.23. The summed E-state index contributed by atoms with van der Waals surface area (Å²) >= 11 is 0. The van der Waals surface area contributed by atoms with Crippen LogP contribution in [0.4, 0.5) is 11.4 Å². The average Bonchev–Trinajstić information content (AvgIpc) is 2.54. The minimum atomic E-state index is -3.78. The molecule has 0 aliphatic rings. The molecule has 0 fully saturated rings. The molecule has 0 spiro atoms. The van der Waals surface area contributed by atoms with Crippen molar-refractivity contribution in [3.8, 4) is 0 Å². The van der Waals surface area contributed by atoms with Crippen LogP contribution in [-0.4, -0.2) is 25.8 Å². The zero-order valence-corrected chi connectivity index (χ0v) is 14.8. The van der Waals surface area contributed by atoms with Crippen LogP contribution in [0.25, 0.3) is 0 Å². The fraction of sp³-hybridized carbons (Fsp3) is 0.118. The minimum absolute atomic E-state index is 0.0311. The first-order valence-corrected chi connectivity index (χ1v) is 9.05. The molecule has 2 aromatic carbocycles. The fourth-order valence-corrected chi connectivity index (χ4v) is 2.62. The number of anilines is 2. The van der Waals surface area contributed by atoms with Gasteiger partial charge in [-0.15, -0.1) is 0 Å². The molecule has 1 amide bonds. The lowest BCUT2D eigenvalue weighted by Gasteiger charge is -2.07. The first kappa shape index (κ1) is 19.3. The molecule has 0 aliphatic heterocycles. The van der Waals surface area contributed by atoms with Crippen LogP contribution in [0.2, 0.25) is 0 Å². The van der Waals surface area contributed by atoms with Crippen LogP contribution >= 0.6 is 0 Å². The number of benzene rings is 2. The van der Waals surface area contributed by atoms with Gasteiger partial charge in [0.1, 0.15) is 0 Å². The number of nitrogens with two attached hydrogens (primary N) is 2. The minimum Gasteiger partial charge on any atom is -0.399 e. The number of amides is 1. The van der Waals surface area contributed by atoms with Crippen LogP contribution in [0.3, 0.4) is 0 Å². The number of nitrogens with one attached hydrogen (secondary N) is 1. The van der Waals surface area contributed by atoms with Crippen molar-refractivity contribution in [2.75, 3.05) is 11.1 Å². The molecule has 0 saturated heterocycles. The van der Waals surface area contributed by atoms with Crippen LogP contribution in [-0.2, 0) is 26.2 Å². The summed E-state index contributed by atoms with van der Waals surface area (Å²) < 4.78 is 22.5. The predicted molar refractivity (Wildman–Crippen MR) is 99.1 cm³/mol. The first-order valence-electron chi connectivity index (χ1n) is 7.51. The van der Waals surface area contributed by atoms with Crippen molar-refractivity contribution in [1.29, 1.82) is 0 Å². The Labute approximate surface area is 151 Å². The molecule has 0 aliphatic carbocycles. The summed E-state index contributed by atoms with van der Waals surface area (Å²) in [6, 6.07) is 12.2. The average molecular weight is 374 g/mol. The molecule has 0 radical (unpaired) electrons. The Morgan fingerprint density at radius 3 is 2.31 bits per heavy atom. The second-order valence-corrected chi connectivity index (χ2v) is 7.05. The number of aliphatic imine (C=N–C) groups is 1. The molecule has 2 aromatic rings. The Kier molecular flexibility index (Phi) is 5.86. The van der Waals surface area contributed by atoms with Crippen LogP contribution in [0.5, 0.6) is 0 Å². The Balaban J connectivity index is 2.16. The predicted octanol–water partition coefficient (Wildman–Crippen LogP) is 1.08. The van der Waals surface area contributed by atoms with Gasteiger partial charge in [-0.25, -0.2) is 13.6 Å². The van der Waals surface area contributed by atoms with Crippen LogP contribution < -0.4 is 16.2 Å². The fourth-order valence-electron chi connectivity index (χ4n) is 2.10. The van der Waals surface area contributed by atoms with Gasteiger partial charge in [-0.05, 0) is 35.9 Å². The van der Waals surface area contributed by atoms with Gasteiger partial charge in [0.2, 0.25) is 10.0 Å². The molecule has 0 aromatic heterocycles. The van der Waals surface area contributed by atoms with E-state index in [2.05, 4.69) is 10.3 Å². The van der Waals surface area contributed by atoms with E-state index in [4.69, 9.17) is 10.9 Å². The van der Waals surface area contributed by atoms with Crippen LogP contribution in [0, 0.1) is 0 Å². The van der Waals surface area contributed by atoms with Crippen molar-refractivity contribution in [2.45, 2.75) is 18.4 Å². The van der Waals surface area contributed by atoms with Gasteiger partial charge >= 0.3 is 0 Å². The molecular formula is C17H18N4O4S. The Morgan fingerprint density at radius 2 is 1.77 bits per heavy atom. The third-order valence-corrected chi connectivity index (χ3v) is 4.29. The van der Waals surface area contributed by atoms with Gasteiger partial charge in [0.25, 0.3) is 5.91 Å². The lowest BCUT2D eigenvalue weighted by molar-refractivity contribution is -0.114. The third-order valence-electron chi connectivity index (χ3n) is 3.36. The number of rotatable bonds is 6. The summed E-state index contributed by atoms with van der Waals surface area (Å²) in [6.07, 6.45) is 0. The molecule has 9 heteroatoms. The number of primary sulfonamides is 1. The summed E-state index contributed by atoms with van der Waals surface area (Å²) in [4.78, 5) is 28.0. The lowest BCUT2D eigenvalue weighted by atomic mass is 10.2. The summed E-state index contributed by atoms with van der Waals surface area (Å²) in [6.45, 7) is 1.27. The molecule has 5 N–H and O–H groups in total. The van der Waals surface area contributed by atoms with E-state index in [0.717, 1.165) is 0 Å². The van der Waals surface area contributed by atoms with E-state index in [0.29, 0.717) is 16.9 Å². The van der Waals surface area contributed by atoms with Crippen LogP contribution in [0.1, 0.15) is 12.5 Å². The normalized spacial score (nSPS) is 11.8. The zero-order chi connectivity index (χ0) is 19.3. The maximum Gasteiger partial charge on any atom is 0.277 e. The van der Waals surface area contributed by atoms with Gasteiger partial charge in [0.15, 0.2) is 11.5 Å². The Bertz CT molecular complexity index is 967. The van der Waals surface area contributed by atoms with Gasteiger partial charge in [0.05, 0.1) is 11.4 Å². The number of hydrogen-bond donors (Lipinski definition) is 3. The van der Waals surface area contributed by atoms with E-state index in [1.165, 1.54) is 31.2 Å². The molecule has 2 rings (SSSR count). The highest BCUT2D eigenvalue weighted by molar-refractivity contribution is 7.89.